The first kappa shape index (κ1) is 24.3. The molecule has 1 fully saturated rings. The van der Waals surface area contributed by atoms with Gasteiger partial charge >= 0.3 is 5.97 Å². The number of piperazine rings is 1. The van der Waals surface area contributed by atoms with E-state index in [1.165, 1.54) is 12.1 Å². The van der Waals surface area contributed by atoms with Crippen LogP contribution in [0.2, 0.25) is 0 Å². The number of likely N-dealkylation sites (N-methyl/N-ethyl adjacent to an activating group) is 1. The third kappa shape index (κ3) is 4.83. The number of aromatic carboxylic acids is 1. The summed E-state index contributed by atoms with van der Waals surface area (Å²) in [5, 5.41) is 20.8. The number of rotatable bonds is 5. The van der Waals surface area contributed by atoms with Crippen molar-refractivity contribution in [3.8, 4) is 5.88 Å². The molecule has 0 aliphatic carbocycles. The Morgan fingerprint density at radius 1 is 0.946 bits per heavy atom. The molecule has 188 valence electrons. The highest BCUT2D eigenvalue weighted by Crippen LogP contribution is 2.32. The number of carbonyl (C=O) groups excluding carboxylic acids is 1. The molecule has 1 aliphatic heterocycles. The van der Waals surface area contributed by atoms with Crippen LogP contribution in [0.5, 0.6) is 5.88 Å². The van der Waals surface area contributed by atoms with Crippen LogP contribution in [-0.4, -0.2) is 75.3 Å². The van der Waals surface area contributed by atoms with Gasteiger partial charge in [0.1, 0.15) is 0 Å². The number of fused-ring (bicyclic) bond motifs is 1. The van der Waals surface area contributed by atoms with Gasteiger partial charge in [-0.15, -0.1) is 0 Å². The summed E-state index contributed by atoms with van der Waals surface area (Å²) in [6, 6.07) is 21.6. The monoisotopic (exact) mass is 496 g/mol. The van der Waals surface area contributed by atoms with Gasteiger partial charge in [-0.3, -0.25) is 4.79 Å². The maximum Gasteiger partial charge on any atom is 0.335 e. The largest absolute Gasteiger partial charge is 0.494 e. The van der Waals surface area contributed by atoms with Gasteiger partial charge in [-0.1, -0.05) is 36.4 Å². The summed E-state index contributed by atoms with van der Waals surface area (Å²) >= 11 is 0. The van der Waals surface area contributed by atoms with Crippen molar-refractivity contribution in [2.45, 2.75) is 13.0 Å². The Morgan fingerprint density at radius 2 is 1.65 bits per heavy atom. The van der Waals surface area contributed by atoms with Gasteiger partial charge in [0.15, 0.2) is 5.88 Å². The van der Waals surface area contributed by atoms with E-state index in [2.05, 4.69) is 23.9 Å². The molecule has 0 unspecified atom stereocenters. The number of carboxylic acids is 1. The first-order valence-corrected chi connectivity index (χ1v) is 12.1. The highest BCUT2D eigenvalue weighted by Gasteiger charge is 2.25. The zero-order valence-electron chi connectivity index (χ0n) is 20.7. The van der Waals surface area contributed by atoms with E-state index in [0.29, 0.717) is 52.6 Å². The van der Waals surface area contributed by atoms with E-state index in [1.54, 1.807) is 30.3 Å². The summed E-state index contributed by atoms with van der Waals surface area (Å²) < 4.78 is 0. The average molecular weight is 497 g/mol. The van der Waals surface area contributed by atoms with E-state index < -0.39 is 5.97 Å². The third-order valence-electron chi connectivity index (χ3n) is 6.91. The van der Waals surface area contributed by atoms with Gasteiger partial charge in [0.05, 0.1) is 22.5 Å². The third-order valence-corrected chi connectivity index (χ3v) is 6.91. The van der Waals surface area contributed by atoms with Crippen LogP contribution >= 0.6 is 0 Å². The standard InChI is InChI=1S/C29H28N4O4/c1-18-17-33(15-14-32(18)2)28(35)20-8-11-22(12-9-20)30-26(19-6-4-3-5-7-19)25-23-13-10-21(29(36)37)16-24(23)31-27(25)34/h3-13,16,18,31,34H,14-15,17H2,1-2H3,(H,36,37)/t18-/m0/s1. The van der Waals surface area contributed by atoms with Crippen LogP contribution in [-0.2, 0) is 0 Å². The number of hydrogen-bond donors (Lipinski definition) is 3. The molecule has 5 rings (SSSR count). The van der Waals surface area contributed by atoms with Crippen LogP contribution in [0.3, 0.4) is 0 Å². The molecular formula is C29H28N4O4. The lowest BCUT2D eigenvalue weighted by Gasteiger charge is -2.37. The number of benzene rings is 3. The lowest BCUT2D eigenvalue weighted by Crippen LogP contribution is -2.51. The van der Waals surface area contributed by atoms with Crippen molar-refractivity contribution in [2.75, 3.05) is 26.7 Å². The molecular weight excluding hydrogens is 468 g/mol. The SMILES string of the molecule is C[C@H]1CN(C(=O)c2ccc(N=C(c3ccccc3)c3c(O)[nH]c4cc(C(=O)O)ccc34)cc2)CCN1C. The number of aromatic nitrogens is 1. The molecule has 3 N–H and O–H groups in total. The minimum absolute atomic E-state index is 0.00210. The second-order valence-electron chi connectivity index (χ2n) is 9.37. The summed E-state index contributed by atoms with van der Waals surface area (Å²) in [6.45, 7) is 4.35. The van der Waals surface area contributed by atoms with Crippen LogP contribution in [0.4, 0.5) is 5.69 Å². The lowest BCUT2D eigenvalue weighted by molar-refractivity contribution is 0.0572. The molecule has 4 aromatic rings. The fourth-order valence-electron chi connectivity index (χ4n) is 4.64. The lowest BCUT2D eigenvalue weighted by atomic mass is 10.00. The van der Waals surface area contributed by atoms with Gasteiger partial charge < -0.3 is 25.0 Å². The number of carbonyl (C=O) groups is 2. The van der Waals surface area contributed by atoms with Crippen LogP contribution in [0.25, 0.3) is 10.9 Å². The maximum atomic E-state index is 13.1. The van der Waals surface area contributed by atoms with Gasteiger partial charge in [-0.2, -0.15) is 0 Å². The summed E-state index contributed by atoms with van der Waals surface area (Å²) in [5.74, 6) is -1.14. The smallest absolute Gasteiger partial charge is 0.335 e. The Balaban J connectivity index is 1.52. The van der Waals surface area contributed by atoms with E-state index in [1.807, 2.05) is 35.2 Å². The van der Waals surface area contributed by atoms with Crippen molar-refractivity contribution < 1.29 is 19.8 Å². The predicted molar refractivity (Wildman–Crippen MR) is 143 cm³/mol. The molecule has 0 spiro atoms. The maximum absolute atomic E-state index is 13.1. The molecule has 0 radical (unpaired) electrons. The molecule has 1 aliphatic rings. The minimum atomic E-state index is -1.05. The number of amides is 1. The molecule has 37 heavy (non-hydrogen) atoms. The molecule has 1 saturated heterocycles. The van der Waals surface area contributed by atoms with Gasteiger partial charge in [0.2, 0.25) is 0 Å². The highest BCUT2D eigenvalue weighted by molar-refractivity contribution is 6.22. The second-order valence-corrected chi connectivity index (χ2v) is 9.37. The van der Waals surface area contributed by atoms with Crippen molar-refractivity contribution in [2.24, 2.45) is 4.99 Å². The van der Waals surface area contributed by atoms with Crippen LogP contribution in [0.1, 0.15) is 38.8 Å². The molecule has 1 atom stereocenters. The zero-order chi connectivity index (χ0) is 26.1. The van der Waals surface area contributed by atoms with E-state index in [-0.39, 0.29) is 17.4 Å². The molecule has 0 bridgehead atoms. The van der Waals surface area contributed by atoms with Gasteiger partial charge in [0, 0.05) is 47.7 Å². The molecule has 8 heteroatoms. The van der Waals surface area contributed by atoms with Gasteiger partial charge in [-0.25, -0.2) is 9.79 Å². The van der Waals surface area contributed by atoms with Crippen molar-refractivity contribution in [3.05, 3.63) is 95.1 Å². The van der Waals surface area contributed by atoms with E-state index in [0.717, 1.165) is 12.1 Å². The van der Waals surface area contributed by atoms with Crippen LogP contribution in [0, 0.1) is 0 Å². The predicted octanol–water partition coefficient (Wildman–Crippen LogP) is 4.52. The summed E-state index contributed by atoms with van der Waals surface area (Å²) in [5.41, 5.74) is 3.63. The minimum Gasteiger partial charge on any atom is -0.494 e. The van der Waals surface area contributed by atoms with E-state index in [9.17, 15) is 19.8 Å². The second kappa shape index (κ2) is 9.91. The Morgan fingerprint density at radius 3 is 2.32 bits per heavy atom. The normalized spacial score (nSPS) is 16.8. The van der Waals surface area contributed by atoms with E-state index in [4.69, 9.17) is 4.99 Å². The van der Waals surface area contributed by atoms with Gasteiger partial charge in [-0.05, 0) is 50.4 Å². The number of nitrogens with one attached hydrogen (secondary N) is 1. The van der Waals surface area contributed by atoms with Crippen LogP contribution < -0.4 is 0 Å². The molecule has 3 aromatic carbocycles. The van der Waals surface area contributed by atoms with E-state index >= 15 is 0 Å². The van der Waals surface area contributed by atoms with Crippen molar-refractivity contribution in [1.82, 2.24) is 14.8 Å². The van der Waals surface area contributed by atoms with Crippen LogP contribution in [0.15, 0.2) is 77.8 Å². The number of aliphatic imine (C=N–C) groups is 1. The number of aromatic hydroxyl groups is 1. The average Bonchev–Trinajstić information content (AvgIpc) is 3.24. The fraction of sp³-hybridized carbons (Fsp3) is 0.207. The summed E-state index contributed by atoms with van der Waals surface area (Å²) in [6.07, 6.45) is 0. The quantitative estimate of drug-likeness (QED) is 0.352. The molecule has 1 aromatic heterocycles. The number of H-pyrrole nitrogens is 1. The first-order chi connectivity index (χ1) is 17.8. The number of aromatic amines is 1. The summed E-state index contributed by atoms with van der Waals surface area (Å²) in [7, 11) is 2.07. The Hall–Kier alpha value is -4.43. The number of nitrogens with zero attached hydrogens (tertiary/aromatic N) is 3. The Labute approximate surface area is 214 Å². The first-order valence-electron chi connectivity index (χ1n) is 12.1. The topological polar surface area (TPSA) is 109 Å². The Bertz CT molecular complexity index is 1490. The molecule has 1 amide bonds. The molecule has 0 saturated carbocycles. The van der Waals surface area contributed by atoms with Crippen molar-refractivity contribution in [1.29, 1.82) is 0 Å². The molecule has 2 heterocycles. The zero-order valence-corrected chi connectivity index (χ0v) is 20.7. The number of carboxylic acid groups (broad SMARTS) is 1. The Kier molecular flexibility index (Phi) is 6.50. The number of hydrogen-bond acceptors (Lipinski definition) is 5. The highest BCUT2D eigenvalue weighted by atomic mass is 16.4. The molecule has 8 nitrogen and oxygen atoms in total. The van der Waals surface area contributed by atoms with Crippen molar-refractivity contribution >= 4 is 34.2 Å². The fourth-order valence-corrected chi connectivity index (χ4v) is 4.64. The summed E-state index contributed by atoms with van der Waals surface area (Å²) in [4.78, 5) is 36.3. The van der Waals surface area contributed by atoms with Crippen molar-refractivity contribution in [3.63, 3.8) is 0 Å². The van der Waals surface area contributed by atoms with Gasteiger partial charge in [0.25, 0.3) is 5.91 Å².